The molecule has 0 aliphatic carbocycles. The second kappa shape index (κ2) is 12.3. The quantitative estimate of drug-likeness (QED) is 0.337. The van der Waals surface area contributed by atoms with Crippen LogP contribution in [0.15, 0.2) is 36.4 Å². The van der Waals surface area contributed by atoms with E-state index in [-0.39, 0.29) is 29.0 Å². The van der Waals surface area contributed by atoms with Gasteiger partial charge >= 0.3 is 18.0 Å². The van der Waals surface area contributed by atoms with Crippen LogP contribution in [0.25, 0.3) is 0 Å². The standard InChI is InChI=1S/C14H20N2O4.C10H12N2O3/c1-14(2,3)20-13(19)16(4)8-9-5-6-11(15)10(7-9)12(17)18;1-12(6-13)5-7-2-3-9(11)8(4-7)10(14)15/h5-7H,8,15H2,1-4H3,(H,17,18);2-4,6H,5,11H2,1H3,(H,14,15). The molecule has 190 valence electrons. The van der Waals surface area contributed by atoms with Gasteiger partial charge in [-0.1, -0.05) is 12.1 Å². The van der Waals surface area contributed by atoms with Crippen molar-refractivity contribution in [2.45, 2.75) is 39.5 Å². The molecule has 2 rings (SSSR count). The minimum absolute atomic E-state index is 0.0279. The highest BCUT2D eigenvalue weighted by molar-refractivity contribution is 5.94. The van der Waals surface area contributed by atoms with Crippen LogP contribution in [0, 0.1) is 0 Å². The third-order valence-corrected chi connectivity index (χ3v) is 4.43. The molecule has 6 N–H and O–H groups in total. The number of aromatic carboxylic acids is 2. The molecule has 0 unspecified atom stereocenters. The van der Waals surface area contributed by atoms with E-state index in [0.29, 0.717) is 18.5 Å². The van der Waals surface area contributed by atoms with E-state index in [9.17, 15) is 19.2 Å². The number of carbonyl (C=O) groups is 4. The molecule has 2 aromatic carbocycles. The third-order valence-electron chi connectivity index (χ3n) is 4.43. The molecule has 0 aliphatic heterocycles. The maximum absolute atomic E-state index is 11.8. The number of ether oxygens (including phenoxy) is 1. The number of carbonyl (C=O) groups excluding carboxylic acids is 2. The molecule has 11 nitrogen and oxygen atoms in total. The molecule has 35 heavy (non-hydrogen) atoms. The SMILES string of the molecule is CN(C=O)Cc1ccc(N)c(C(=O)O)c1.CN(Cc1ccc(N)c(C(=O)O)c1)C(=O)OC(C)(C)C. The predicted octanol–water partition coefficient (Wildman–Crippen LogP) is 2.89. The molecule has 0 heterocycles. The number of rotatable bonds is 7. The Morgan fingerprint density at radius 3 is 1.69 bits per heavy atom. The van der Waals surface area contributed by atoms with Crippen LogP contribution in [-0.2, 0) is 22.6 Å². The maximum atomic E-state index is 11.8. The average Bonchev–Trinajstić information content (AvgIpc) is 2.75. The zero-order valence-corrected chi connectivity index (χ0v) is 20.4. The number of hydrogen-bond acceptors (Lipinski definition) is 7. The molecule has 0 spiro atoms. The summed E-state index contributed by atoms with van der Waals surface area (Å²) in [6.45, 7) is 5.96. The van der Waals surface area contributed by atoms with E-state index in [1.807, 2.05) is 0 Å². The van der Waals surface area contributed by atoms with Gasteiger partial charge in [0.2, 0.25) is 6.41 Å². The van der Waals surface area contributed by atoms with Gasteiger partial charge in [-0.3, -0.25) is 4.79 Å². The largest absolute Gasteiger partial charge is 0.478 e. The summed E-state index contributed by atoms with van der Waals surface area (Å²) in [4.78, 5) is 46.7. The number of nitrogens with zero attached hydrogens (tertiary/aromatic N) is 2. The predicted molar refractivity (Wildman–Crippen MR) is 131 cm³/mol. The number of nitrogen functional groups attached to an aromatic ring is 2. The van der Waals surface area contributed by atoms with Crippen LogP contribution in [-0.4, -0.2) is 64.2 Å². The minimum Gasteiger partial charge on any atom is -0.478 e. The van der Waals surface area contributed by atoms with Gasteiger partial charge in [-0.15, -0.1) is 0 Å². The second-order valence-electron chi connectivity index (χ2n) is 8.81. The maximum Gasteiger partial charge on any atom is 0.410 e. The lowest BCUT2D eigenvalue weighted by molar-refractivity contribution is -0.117. The molecular formula is C24H32N4O7. The lowest BCUT2D eigenvalue weighted by Crippen LogP contribution is -2.33. The Kier molecular flexibility index (Phi) is 10.1. The van der Waals surface area contributed by atoms with Crippen LogP contribution in [0.4, 0.5) is 16.2 Å². The molecule has 0 aliphatic rings. The smallest absolute Gasteiger partial charge is 0.410 e. The third kappa shape index (κ3) is 9.62. The molecule has 0 radical (unpaired) electrons. The molecule has 0 aromatic heterocycles. The normalized spacial score (nSPS) is 10.4. The number of amides is 2. The van der Waals surface area contributed by atoms with Crippen LogP contribution in [0.2, 0.25) is 0 Å². The Hall–Kier alpha value is -4.28. The molecule has 0 saturated heterocycles. The fraction of sp³-hybridized carbons (Fsp3) is 0.333. The minimum atomic E-state index is -1.09. The zero-order chi connectivity index (χ0) is 26.9. The Morgan fingerprint density at radius 1 is 0.886 bits per heavy atom. The van der Waals surface area contributed by atoms with Gasteiger partial charge in [0.1, 0.15) is 5.60 Å². The van der Waals surface area contributed by atoms with E-state index < -0.39 is 23.6 Å². The number of nitrogens with two attached hydrogens (primary N) is 2. The molecule has 0 atom stereocenters. The summed E-state index contributed by atoms with van der Waals surface area (Å²) in [5.41, 5.74) is 12.4. The summed E-state index contributed by atoms with van der Waals surface area (Å²) in [6.07, 6.45) is 0.211. The number of carboxylic acids is 2. The molecule has 0 saturated carbocycles. The molecule has 11 heteroatoms. The highest BCUT2D eigenvalue weighted by Crippen LogP contribution is 2.17. The first-order valence-electron chi connectivity index (χ1n) is 10.5. The van der Waals surface area contributed by atoms with Crippen molar-refractivity contribution in [3.05, 3.63) is 58.7 Å². The topological polar surface area (TPSA) is 176 Å². The molecule has 2 aromatic rings. The van der Waals surface area contributed by atoms with Crippen molar-refractivity contribution in [2.24, 2.45) is 0 Å². The van der Waals surface area contributed by atoms with Crippen LogP contribution < -0.4 is 11.5 Å². The van der Waals surface area contributed by atoms with Gasteiger partial charge in [0.25, 0.3) is 0 Å². The zero-order valence-electron chi connectivity index (χ0n) is 20.4. The lowest BCUT2D eigenvalue weighted by Gasteiger charge is -2.24. The Labute approximate surface area is 203 Å². The van der Waals surface area contributed by atoms with Gasteiger partial charge in [0.15, 0.2) is 0 Å². The van der Waals surface area contributed by atoms with Crippen molar-refractivity contribution < 1.29 is 34.1 Å². The average molecular weight is 489 g/mol. The summed E-state index contributed by atoms with van der Waals surface area (Å²) in [6, 6.07) is 9.35. The Morgan fingerprint density at radius 2 is 1.31 bits per heavy atom. The van der Waals surface area contributed by atoms with E-state index >= 15 is 0 Å². The summed E-state index contributed by atoms with van der Waals surface area (Å²) in [5.74, 6) is -2.16. The van der Waals surface area contributed by atoms with Crippen LogP contribution in [0.1, 0.15) is 52.6 Å². The first kappa shape index (κ1) is 28.8. The van der Waals surface area contributed by atoms with Crippen LogP contribution in [0.3, 0.4) is 0 Å². The summed E-state index contributed by atoms with van der Waals surface area (Å²) >= 11 is 0. The van der Waals surface area contributed by atoms with Gasteiger partial charge in [-0.2, -0.15) is 0 Å². The number of hydrogen-bond donors (Lipinski definition) is 4. The Balaban J connectivity index is 0.000000365. The fourth-order valence-electron chi connectivity index (χ4n) is 2.78. The van der Waals surface area contributed by atoms with Crippen molar-refractivity contribution >= 4 is 35.8 Å². The van der Waals surface area contributed by atoms with Crippen molar-refractivity contribution in [3.8, 4) is 0 Å². The monoisotopic (exact) mass is 488 g/mol. The van der Waals surface area contributed by atoms with Crippen molar-refractivity contribution in [1.82, 2.24) is 9.80 Å². The molecule has 0 bridgehead atoms. The summed E-state index contributed by atoms with van der Waals surface area (Å²) in [5, 5.41) is 17.8. The van der Waals surface area contributed by atoms with Gasteiger partial charge < -0.3 is 36.2 Å². The molecule has 2 amide bonds. The van der Waals surface area contributed by atoms with E-state index in [2.05, 4.69) is 0 Å². The second-order valence-corrected chi connectivity index (χ2v) is 8.81. The van der Waals surface area contributed by atoms with Gasteiger partial charge in [-0.05, 0) is 56.2 Å². The van der Waals surface area contributed by atoms with Crippen molar-refractivity contribution in [3.63, 3.8) is 0 Å². The van der Waals surface area contributed by atoms with E-state index in [4.69, 9.17) is 26.4 Å². The molecular weight excluding hydrogens is 456 g/mol. The highest BCUT2D eigenvalue weighted by Gasteiger charge is 2.20. The number of carboxylic acid groups (broad SMARTS) is 2. The van der Waals surface area contributed by atoms with E-state index in [1.54, 1.807) is 47.0 Å². The van der Waals surface area contributed by atoms with Crippen LogP contribution in [0.5, 0.6) is 0 Å². The van der Waals surface area contributed by atoms with E-state index in [1.165, 1.54) is 34.1 Å². The van der Waals surface area contributed by atoms with Gasteiger partial charge in [0, 0.05) is 38.6 Å². The fourth-order valence-corrected chi connectivity index (χ4v) is 2.78. The van der Waals surface area contributed by atoms with Crippen molar-refractivity contribution in [2.75, 3.05) is 25.6 Å². The van der Waals surface area contributed by atoms with Gasteiger partial charge in [-0.25, -0.2) is 14.4 Å². The lowest BCUT2D eigenvalue weighted by atomic mass is 10.1. The Bertz CT molecular complexity index is 1080. The number of anilines is 2. The van der Waals surface area contributed by atoms with Crippen molar-refractivity contribution in [1.29, 1.82) is 0 Å². The first-order valence-corrected chi connectivity index (χ1v) is 10.5. The summed E-state index contributed by atoms with van der Waals surface area (Å²) < 4.78 is 5.22. The molecule has 0 fully saturated rings. The van der Waals surface area contributed by atoms with Gasteiger partial charge in [0.05, 0.1) is 11.1 Å². The highest BCUT2D eigenvalue weighted by atomic mass is 16.6. The first-order chi connectivity index (χ1) is 16.1. The summed E-state index contributed by atoms with van der Waals surface area (Å²) in [7, 11) is 3.20. The van der Waals surface area contributed by atoms with Crippen LogP contribution >= 0.6 is 0 Å². The number of benzene rings is 2. The van der Waals surface area contributed by atoms with E-state index in [0.717, 1.165) is 5.56 Å².